The fourth-order valence-corrected chi connectivity index (χ4v) is 2.58. The minimum Gasteiger partial charge on any atom is -0.443 e. The van der Waals surface area contributed by atoms with Gasteiger partial charge in [-0.05, 0) is 18.6 Å². The molecule has 0 bridgehead atoms. The molecule has 0 unspecified atom stereocenters. The van der Waals surface area contributed by atoms with Gasteiger partial charge in [-0.2, -0.15) is 5.10 Å². The number of aryl methyl sites for hydroxylation is 2. The van der Waals surface area contributed by atoms with E-state index in [0.29, 0.717) is 5.89 Å². The van der Waals surface area contributed by atoms with Crippen molar-refractivity contribution in [3.63, 3.8) is 0 Å². The Labute approximate surface area is 139 Å². The summed E-state index contributed by atoms with van der Waals surface area (Å²) in [5, 5.41) is 4.20. The lowest BCUT2D eigenvalue weighted by atomic mass is 10.1. The van der Waals surface area contributed by atoms with Gasteiger partial charge in [0.25, 0.3) is 0 Å². The van der Waals surface area contributed by atoms with Crippen LogP contribution in [0.25, 0.3) is 34.1 Å². The molecule has 0 aliphatic rings. The Hall–Kier alpha value is -3.21. The molecule has 3 aromatic heterocycles. The number of benzene rings is 1. The number of oxazole rings is 1. The van der Waals surface area contributed by atoms with E-state index < -0.39 is 0 Å². The van der Waals surface area contributed by atoms with E-state index in [-0.39, 0.29) is 0 Å². The maximum Gasteiger partial charge on any atom is 0.245 e. The van der Waals surface area contributed by atoms with Crippen LogP contribution < -0.4 is 0 Å². The van der Waals surface area contributed by atoms with Crippen LogP contribution in [0.4, 0.5) is 0 Å². The highest BCUT2D eigenvalue weighted by Crippen LogP contribution is 2.27. The van der Waals surface area contributed by atoms with Gasteiger partial charge in [0.1, 0.15) is 17.7 Å². The van der Waals surface area contributed by atoms with Crippen LogP contribution in [0.1, 0.15) is 5.56 Å². The second-order valence-electron chi connectivity index (χ2n) is 5.67. The van der Waals surface area contributed by atoms with Crippen molar-refractivity contribution < 1.29 is 4.42 Å². The minimum atomic E-state index is 0.525. The third-order valence-electron chi connectivity index (χ3n) is 3.87. The monoisotopic (exact) mass is 316 g/mol. The number of aromatic nitrogens is 4. The summed E-state index contributed by atoms with van der Waals surface area (Å²) in [7, 11) is 1.89. The highest BCUT2D eigenvalue weighted by atomic mass is 16.3. The first-order valence-corrected chi connectivity index (χ1v) is 7.69. The van der Waals surface area contributed by atoms with Crippen LogP contribution in [0.2, 0.25) is 0 Å². The van der Waals surface area contributed by atoms with Crippen LogP contribution in [0, 0.1) is 6.92 Å². The van der Waals surface area contributed by atoms with Crippen molar-refractivity contribution >= 4 is 0 Å². The Morgan fingerprint density at radius 2 is 1.75 bits per heavy atom. The lowest BCUT2D eigenvalue weighted by Crippen LogP contribution is -1.92. The first kappa shape index (κ1) is 14.4. The van der Waals surface area contributed by atoms with Crippen LogP contribution in [0.15, 0.2) is 65.5 Å². The summed E-state index contributed by atoms with van der Waals surface area (Å²) in [5.74, 6) is 0.525. The van der Waals surface area contributed by atoms with E-state index in [1.165, 1.54) is 0 Å². The Kier molecular flexibility index (Phi) is 3.46. The highest BCUT2D eigenvalue weighted by molar-refractivity contribution is 5.66. The highest BCUT2D eigenvalue weighted by Gasteiger charge is 2.14. The summed E-state index contributed by atoms with van der Waals surface area (Å²) in [6.07, 6.45) is 5.40. The normalized spacial score (nSPS) is 10.9. The lowest BCUT2D eigenvalue weighted by Gasteiger charge is -2.03. The summed E-state index contributed by atoms with van der Waals surface area (Å²) < 4.78 is 7.45. The predicted molar refractivity (Wildman–Crippen MR) is 92.1 cm³/mol. The molecule has 4 rings (SSSR count). The molecule has 0 amide bonds. The molecule has 1 aromatic carbocycles. The molecular formula is C19H16N4O. The molecule has 0 atom stereocenters. The second-order valence-corrected chi connectivity index (χ2v) is 5.67. The summed E-state index contributed by atoms with van der Waals surface area (Å²) in [5.41, 5.74) is 5.41. The molecule has 0 fully saturated rings. The van der Waals surface area contributed by atoms with Gasteiger partial charge in [-0.25, -0.2) is 9.97 Å². The largest absolute Gasteiger partial charge is 0.443 e. The lowest BCUT2D eigenvalue weighted by molar-refractivity contribution is 0.572. The summed E-state index contributed by atoms with van der Waals surface area (Å²) >= 11 is 0. The van der Waals surface area contributed by atoms with Crippen LogP contribution >= 0.6 is 0 Å². The first-order valence-electron chi connectivity index (χ1n) is 7.69. The van der Waals surface area contributed by atoms with Crippen molar-refractivity contribution in [2.75, 3.05) is 0 Å². The number of rotatable bonds is 3. The van der Waals surface area contributed by atoms with Gasteiger partial charge in [0.2, 0.25) is 5.89 Å². The van der Waals surface area contributed by atoms with Gasteiger partial charge in [0.05, 0.1) is 11.9 Å². The van der Waals surface area contributed by atoms with E-state index in [9.17, 15) is 0 Å². The SMILES string of the molecule is Cc1ccc(-c2cnn(C)c2)nc1-c1nc(-c2ccccc2)co1. The van der Waals surface area contributed by atoms with Crippen molar-refractivity contribution in [1.29, 1.82) is 0 Å². The van der Waals surface area contributed by atoms with Gasteiger partial charge in [0.15, 0.2) is 0 Å². The number of nitrogens with zero attached hydrogens (tertiary/aromatic N) is 4. The molecule has 0 saturated heterocycles. The van der Waals surface area contributed by atoms with Gasteiger partial charge in [0, 0.05) is 24.4 Å². The maximum atomic E-state index is 5.69. The average Bonchev–Trinajstić information content (AvgIpc) is 3.25. The van der Waals surface area contributed by atoms with Crippen molar-refractivity contribution in [1.82, 2.24) is 19.7 Å². The quantitative estimate of drug-likeness (QED) is 0.570. The van der Waals surface area contributed by atoms with Crippen LogP contribution in [-0.2, 0) is 7.05 Å². The zero-order valence-electron chi connectivity index (χ0n) is 13.5. The Bertz CT molecular complexity index is 986. The fourth-order valence-electron chi connectivity index (χ4n) is 2.58. The fraction of sp³-hybridized carbons (Fsp3) is 0.105. The molecule has 0 N–H and O–H groups in total. The summed E-state index contributed by atoms with van der Waals surface area (Å²) in [4.78, 5) is 9.33. The minimum absolute atomic E-state index is 0.525. The van der Waals surface area contributed by atoms with E-state index in [1.807, 2.05) is 62.6 Å². The van der Waals surface area contributed by atoms with Crippen molar-refractivity contribution in [2.45, 2.75) is 6.92 Å². The van der Waals surface area contributed by atoms with E-state index >= 15 is 0 Å². The van der Waals surface area contributed by atoms with Crippen LogP contribution in [-0.4, -0.2) is 19.7 Å². The Balaban J connectivity index is 1.75. The van der Waals surface area contributed by atoms with Crippen LogP contribution in [0.5, 0.6) is 0 Å². The molecule has 0 spiro atoms. The van der Waals surface area contributed by atoms with E-state index in [0.717, 1.165) is 33.8 Å². The molecule has 118 valence electrons. The first-order chi connectivity index (χ1) is 11.7. The van der Waals surface area contributed by atoms with Crippen molar-refractivity contribution in [3.05, 3.63) is 66.7 Å². The smallest absolute Gasteiger partial charge is 0.245 e. The Morgan fingerprint density at radius 3 is 2.50 bits per heavy atom. The molecule has 24 heavy (non-hydrogen) atoms. The van der Waals surface area contributed by atoms with Crippen molar-refractivity contribution in [3.8, 4) is 34.1 Å². The van der Waals surface area contributed by atoms with Gasteiger partial charge in [-0.15, -0.1) is 0 Å². The predicted octanol–water partition coefficient (Wildman–Crippen LogP) is 4.11. The molecule has 5 nitrogen and oxygen atoms in total. The third-order valence-corrected chi connectivity index (χ3v) is 3.87. The van der Waals surface area contributed by atoms with Gasteiger partial charge in [-0.1, -0.05) is 36.4 Å². The van der Waals surface area contributed by atoms with E-state index in [4.69, 9.17) is 9.40 Å². The number of hydrogen-bond donors (Lipinski definition) is 0. The van der Waals surface area contributed by atoms with Crippen LogP contribution in [0.3, 0.4) is 0 Å². The average molecular weight is 316 g/mol. The molecular weight excluding hydrogens is 300 g/mol. The zero-order chi connectivity index (χ0) is 16.5. The molecule has 3 heterocycles. The van der Waals surface area contributed by atoms with Gasteiger partial charge in [-0.3, -0.25) is 4.68 Å². The van der Waals surface area contributed by atoms with Gasteiger partial charge >= 0.3 is 0 Å². The topological polar surface area (TPSA) is 56.7 Å². The van der Waals surface area contributed by atoms with E-state index in [1.54, 1.807) is 17.1 Å². The third kappa shape index (κ3) is 2.60. The Morgan fingerprint density at radius 1 is 0.917 bits per heavy atom. The molecule has 0 saturated carbocycles. The molecule has 0 aliphatic heterocycles. The molecule has 4 aromatic rings. The molecule has 5 heteroatoms. The molecule has 0 aliphatic carbocycles. The second kappa shape index (κ2) is 5.77. The summed E-state index contributed by atoms with van der Waals surface area (Å²) in [6.45, 7) is 2.00. The number of hydrogen-bond acceptors (Lipinski definition) is 4. The van der Waals surface area contributed by atoms with E-state index in [2.05, 4.69) is 10.1 Å². The summed E-state index contributed by atoms with van der Waals surface area (Å²) in [6, 6.07) is 14.0. The standard InChI is InChI=1S/C19H16N4O/c1-13-8-9-16(15-10-20-23(2)11-15)21-18(13)19-22-17(12-24-19)14-6-4-3-5-7-14/h3-12H,1-2H3. The maximum absolute atomic E-state index is 5.69. The van der Waals surface area contributed by atoms with Gasteiger partial charge < -0.3 is 4.42 Å². The number of pyridine rings is 1. The zero-order valence-corrected chi connectivity index (χ0v) is 13.5. The molecule has 0 radical (unpaired) electrons. The van der Waals surface area contributed by atoms with Crippen molar-refractivity contribution in [2.24, 2.45) is 7.05 Å².